The summed E-state index contributed by atoms with van der Waals surface area (Å²) in [5.41, 5.74) is -0.483. The summed E-state index contributed by atoms with van der Waals surface area (Å²) in [6, 6.07) is 8.59. The van der Waals surface area contributed by atoms with E-state index in [-0.39, 0.29) is 40.0 Å². The van der Waals surface area contributed by atoms with Crippen molar-refractivity contribution < 1.29 is 58.6 Å². The van der Waals surface area contributed by atoms with Crippen LogP contribution in [0.5, 0.6) is 11.5 Å². The molecule has 16 nitrogen and oxygen atoms in total. The Kier molecular flexibility index (Phi) is 9.02. The van der Waals surface area contributed by atoms with Crippen molar-refractivity contribution in [2.45, 2.75) is 36.2 Å². The van der Waals surface area contributed by atoms with E-state index in [9.17, 15) is 39.9 Å². The average molecular weight is 666 g/mol. The first kappa shape index (κ1) is 32.8. The number of hydrogen-bond donors (Lipinski definition) is 6. The zero-order valence-electron chi connectivity index (χ0n) is 25.3. The van der Waals surface area contributed by atoms with Crippen molar-refractivity contribution in [1.82, 2.24) is 10.4 Å². The summed E-state index contributed by atoms with van der Waals surface area (Å²) in [5, 5.41) is 55.9. The predicted octanol–water partition coefficient (Wildman–Crippen LogP) is 0.0374. The van der Waals surface area contributed by atoms with Crippen LogP contribution in [-0.4, -0.2) is 112 Å². The van der Waals surface area contributed by atoms with Gasteiger partial charge >= 0.3 is 11.9 Å². The predicted molar refractivity (Wildman–Crippen MR) is 165 cm³/mol. The second kappa shape index (κ2) is 13.2. The number of fused-ring (bicyclic) bond motifs is 2. The van der Waals surface area contributed by atoms with Crippen molar-refractivity contribution in [1.29, 1.82) is 0 Å². The molecule has 3 aliphatic heterocycles. The number of allylic oxidation sites excluding steroid dienone is 1. The molecule has 1 saturated heterocycles. The summed E-state index contributed by atoms with van der Waals surface area (Å²) in [6.45, 7) is -1.58. The second-order valence-electron chi connectivity index (χ2n) is 11.2. The van der Waals surface area contributed by atoms with Gasteiger partial charge in [-0.2, -0.15) is 0 Å². The topological polar surface area (TPSA) is 230 Å². The van der Waals surface area contributed by atoms with E-state index < -0.39 is 61.4 Å². The minimum absolute atomic E-state index is 0.0381. The van der Waals surface area contributed by atoms with E-state index in [1.54, 1.807) is 30.6 Å². The van der Waals surface area contributed by atoms with Gasteiger partial charge in [0.2, 0.25) is 12.3 Å². The summed E-state index contributed by atoms with van der Waals surface area (Å²) in [4.78, 5) is 47.3. The maximum absolute atomic E-state index is 13.3. The summed E-state index contributed by atoms with van der Waals surface area (Å²) in [7, 11) is 1.24. The van der Waals surface area contributed by atoms with Crippen LogP contribution < -0.4 is 15.5 Å². The van der Waals surface area contributed by atoms with Gasteiger partial charge in [-0.3, -0.25) is 25.0 Å². The number of hydroxylamine groups is 2. The first-order valence-corrected chi connectivity index (χ1v) is 14.7. The molecule has 2 aromatic carbocycles. The van der Waals surface area contributed by atoms with E-state index in [0.717, 1.165) is 5.57 Å². The number of nitrogens with zero attached hydrogens (tertiary/aromatic N) is 2. The highest BCUT2D eigenvalue weighted by Crippen LogP contribution is 2.37. The molecule has 48 heavy (non-hydrogen) atoms. The van der Waals surface area contributed by atoms with E-state index in [0.29, 0.717) is 11.3 Å². The second-order valence-corrected chi connectivity index (χ2v) is 11.2. The number of carboxylic acid groups (broad SMARTS) is 1. The van der Waals surface area contributed by atoms with E-state index >= 15 is 0 Å². The van der Waals surface area contributed by atoms with Gasteiger partial charge in [-0.15, -0.1) is 0 Å². The average Bonchev–Trinajstić information content (AvgIpc) is 3.67. The normalized spacial score (nSPS) is 25.4. The van der Waals surface area contributed by atoms with Crippen LogP contribution in [0.1, 0.15) is 0 Å². The van der Waals surface area contributed by atoms with Crippen molar-refractivity contribution in [2.75, 3.05) is 26.8 Å². The van der Waals surface area contributed by atoms with E-state index in [1.165, 1.54) is 48.7 Å². The summed E-state index contributed by atoms with van der Waals surface area (Å²) < 4.78 is 22.9. The van der Waals surface area contributed by atoms with Gasteiger partial charge in [0.1, 0.15) is 42.2 Å². The number of phenols is 1. The first-order chi connectivity index (χ1) is 23.0. The third-order valence-electron chi connectivity index (χ3n) is 8.16. The number of carbonyl (C=O) groups is 2. The van der Waals surface area contributed by atoms with Gasteiger partial charge in [-0.25, -0.2) is 9.59 Å². The number of aromatic hydroxyl groups is 1. The molecule has 3 aliphatic rings. The lowest BCUT2D eigenvalue weighted by molar-refractivity contribution is -0.361. The molecule has 3 aromatic rings. The quantitative estimate of drug-likeness (QED) is 0.117. The molecule has 4 heterocycles. The third-order valence-corrected chi connectivity index (χ3v) is 8.16. The smallest absolute Gasteiger partial charge is 0.334 e. The summed E-state index contributed by atoms with van der Waals surface area (Å²) in [5.74, 6) is -2.59. The molecule has 0 amide bonds. The number of aliphatic hydroxyl groups excluding tert-OH is 2. The van der Waals surface area contributed by atoms with Crippen molar-refractivity contribution >= 4 is 29.1 Å². The lowest BCUT2D eigenvalue weighted by Gasteiger charge is -2.48. The Hall–Kier alpha value is -5.10. The van der Waals surface area contributed by atoms with Crippen LogP contribution in [0, 0.1) is 0 Å². The van der Waals surface area contributed by atoms with Crippen LogP contribution in [0.3, 0.4) is 0 Å². The third kappa shape index (κ3) is 6.15. The summed E-state index contributed by atoms with van der Waals surface area (Å²) >= 11 is 0. The fourth-order valence-corrected chi connectivity index (χ4v) is 5.52. The molecular weight excluding hydrogens is 634 g/mol. The van der Waals surface area contributed by atoms with E-state index in [1.807, 2.05) is 0 Å². The zero-order chi connectivity index (χ0) is 34.2. The number of aliphatic carboxylic acids is 1. The number of ether oxygens (including phenoxy) is 3. The number of benzene rings is 2. The van der Waals surface area contributed by atoms with E-state index in [4.69, 9.17) is 23.5 Å². The number of carboxylic acids is 1. The Labute approximate surface area is 271 Å². The van der Waals surface area contributed by atoms with Crippen molar-refractivity contribution in [3.05, 3.63) is 82.5 Å². The number of carbonyl (C=O) groups excluding carboxylic acids is 1. The standard InChI is InChI=1S/C32H31N3O13/c1-33-25(29(40)41)30(42)45-14-24-27(39)32(43,15-36)28(48-35-11-17-8-9-34-22(17)12-35)31(47-24)46-19-6-7-20-23(10-19)44-13-21(26(20)38)16-2-4-18(37)5-3-16/h2-10,12-13,24-25,27-28,31,33,36-37,39,43H,11,14-15H2,1H3,(H,40,41). The van der Waals surface area contributed by atoms with Crippen molar-refractivity contribution in [3.8, 4) is 22.6 Å². The largest absolute Gasteiger partial charge is 0.508 e. The lowest BCUT2D eigenvalue weighted by atomic mass is 9.84. The van der Waals surface area contributed by atoms with Crippen molar-refractivity contribution in [3.63, 3.8) is 0 Å². The molecule has 16 heteroatoms. The lowest BCUT2D eigenvalue weighted by Crippen LogP contribution is -2.71. The molecule has 6 rings (SSSR count). The van der Waals surface area contributed by atoms with Crippen LogP contribution in [-0.2, 0) is 23.9 Å². The molecule has 0 aliphatic carbocycles. The number of nitrogens with one attached hydrogen (secondary N) is 1. The van der Waals surface area contributed by atoms with Crippen molar-refractivity contribution in [2.24, 2.45) is 4.99 Å². The Morgan fingerprint density at radius 2 is 1.98 bits per heavy atom. The molecule has 1 fully saturated rings. The minimum Gasteiger partial charge on any atom is -0.508 e. The van der Waals surface area contributed by atoms with Crippen LogP contribution in [0.2, 0.25) is 0 Å². The number of likely N-dealkylation sites (N-methyl/N-ethyl adjacent to an activating group) is 1. The van der Waals surface area contributed by atoms with Gasteiger partial charge in [-0.05, 0) is 43.0 Å². The van der Waals surface area contributed by atoms with Crippen LogP contribution in [0.25, 0.3) is 22.1 Å². The number of aliphatic imine (C=N–C) groups is 1. The molecule has 0 bridgehead atoms. The van der Waals surface area contributed by atoms with E-state index in [2.05, 4.69) is 10.3 Å². The van der Waals surface area contributed by atoms with Gasteiger partial charge in [0, 0.05) is 17.9 Å². The fraction of sp³-hybridized carbons (Fsp3) is 0.312. The molecule has 252 valence electrons. The number of hydrogen-bond acceptors (Lipinski definition) is 15. The number of aliphatic hydroxyl groups is 3. The fourth-order valence-electron chi connectivity index (χ4n) is 5.52. The van der Waals surface area contributed by atoms with Crippen LogP contribution in [0.4, 0.5) is 0 Å². The highest BCUT2D eigenvalue weighted by molar-refractivity contribution is 5.98. The summed E-state index contributed by atoms with van der Waals surface area (Å²) in [6.07, 6.45) is -0.454. The van der Waals surface area contributed by atoms with Gasteiger partial charge in [0.15, 0.2) is 17.1 Å². The zero-order valence-corrected chi connectivity index (χ0v) is 25.3. The Morgan fingerprint density at radius 1 is 1.21 bits per heavy atom. The van der Waals surface area contributed by atoms with Gasteiger partial charge in [0.25, 0.3) is 0 Å². The van der Waals surface area contributed by atoms with Crippen LogP contribution >= 0.6 is 0 Å². The first-order valence-electron chi connectivity index (χ1n) is 14.7. The Morgan fingerprint density at radius 3 is 2.67 bits per heavy atom. The number of phenolic OH excluding ortho intramolecular Hbond substituents is 1. The maximum Gasteiger partial charge on any atom is 0.334 e. The number of rotatable bonds is 11. The Balaban J connectivity index is 1.30. The Bertz CT molecular complexity index is 1870. The minimum atomic E-state index is -2.47. The highest BCUT2D eigenvalue weighted by Gasteiger charge is 2.59. The molecule has 6 atom stereocenters. The molecule has 0 radical (unpaired) electrons. The van der Waals surface area contributed by atoms with Crippen LogP contribution in [0.15, 0.2) is 86.5 Å². The van der Waals surface area contributed by atoms with Gasteiger partial charge in [0.05, 0.1) is 36.0 Å². The molecule has 6 unspecified atom stereocenters. The molecule has 0 spiro atoms. The maximum atomic E-state index is 13.3. The number of esters is 1. The van der Waals surface area contributed by atoms with Gasteiger partial charge < -0.3 is 44.2 Å². The molecular formula is C32H31N3O13. The molecule has 6 N–H and O–H groups in total. The monoisotopic (exact) mass is 665 g/mol. The molecule has 0 saturated carbocycles. The molecule has 1 aromatic heterocycles. The SMILES string of the molecule is CNC(C(=O)O)C(=O)OCC1OC(Oc2ccc3c(=O)c(-c4ccc(O)cc4)coc3c2)C(ON2C=C3N=CC=C3C2)C(O)(CO)C1O. The highest BCUT2D eigenvalue weighted by atomic mass is 16.8. The van der Waals surface area contributed by atoms with Gasteiger partial charge in [-0.1, -0.05) is 12.1 Å².